The van der Waals surface area contributed by atoms with Crippen LogP contribution in [-0.4, -0.2) is 4.98 Å². The van der Waals surface area contributed by atoms with Crippen molar-refractivity contribution in [3.8, 4) is 0 Å². The van der Waals surface area contributed by atoms with Crippen molar-refractivity contribution in [2.75, 3.05) is 0 Å². The van der Waals surface area contributed by atoms with E-state index in [0.717, 1.165) is 16.7 Å². The number of fused-ring (bicyclic) bond motifs is 1. The highest BCUT2D eigenvalue weighted by Gasteiger charge is 2.15. The van der Waals surface area contributed by atoms with Crippen molar-refractivity contribution in [1.29, 1.82) is 0 Å². The van der Waals surface area contributed by atoms with E-state index in [1.807, 2.05) is 24.3 Å². The fourth-order valence-corrected chi connectivity index (χ4v) is 2.44. The molecule has 0 saturated carbocycles. The Morgan fingerprint density at radius 2 is 2.00 bits per heavy atom. The van der Waals surface area contributed by atoms with Crippen LogP contribution < -0.4 is 0 Å². The van der Waals surface area contributed by atoms with Crippen LogP contribution in [0.4, 0.5) is 4.39 Å². The average molecular weight is 310 g/mol. The molecule has 0 fully saturated rings. The molecule has 0 spiro atoms. The Morgan fingerprint density at radius 1 is 1.20 bits per heavy atom. The van der Waals surface area contributed by atoms with Gasteiger partial charge in [-0.3, -0.25) is 0 Å². The van der Waals surface area contributed by atoms with Crippen molar-refractivity contribution in [2.45, 2.75) is 11.8 Å². The second kappa shape index (κ2) is 5.43. The Labute approximate surface area is 125 Å². The predicted molar refractivity (Wildman–Crippen MR) is 77.7 cm³/mol. The van der Waals surface area contributed by atoms with Gasteiger partial charge in [0.2, 0.25) is 0 Å². The minimum Gasteiger partial charge on any atom is -0.441 e. The van der Waals surface area contributed by atoms with Crippen molar-refractivity contribution >= 4 is 34.3 Å². The summed E-state index contributed by atoms with van der Waals surface area (Å²) in [5.74, 6) is 0.0905. The number of hydrogen-bond acceptors (Lipinski definition) is 2. The molecule has 1 unspecified atom stereocenters. The lowest BCUT2D eigenvalue weighted by Gasteiger charge is -2.08. The molecule has 0 aliphatic heterocycles. The van der Waals surface area contributed by atoms with Crippen LogP contribution in [0, 0.1) is 5.82 Å². The molecule has 1 atom stereocenters. The van der Waals surface area contributed by atoms with Gasteiger partial charge in [-0.2, -0.15) is 0 Å². The maximum atomic E-state index is 13.1. The standard InChI is InChI=1S/C15H10Cl2FNO/c16-10(9-5-6-12(18)11(17)7-9)8-15-19-13-3-1-2-4-14(13)20-15/h1-7,10H,8H2. The van der Waals surface area contributed by atoms with Gasteiger partial charge in [-0.1, -0.05) is 29.8 Å². The molecule has 0 aliphatic rings. The van der Waals surface area contributed by atoms with E-state index in [9.17, 15) is 4.39 Å². The number of alkyl halides is 1. The highest BCUT2D eigenvalue weighted by molar-refractivity contribution is 6.31. The topological polar surface area (TPSA) is 26.0 Å². The fraction of sp³-hybridized carbons (Fsp3) is 0.133. The van der Waals surface area contributed by atoms with E-state index >= 15 is 0 Å². The third kappa shape index (κ3) is 2.65. The van der Waals surface area contributed by atoms with Gasteiger partial charge in [-0.25, -0.2) is 9.37 Å². The summed E-state index contributed by atoms with van der Waals surface area (Å²) < 4.78 is 18.7. The zero-order chi connectivity index (χ0) is 14.1. The van der Waals surface area contributed by atoms with Gasteiger partial charge in [0.25, 0.3) is 0 Å². The van der Waals surface area contributed by atoms with E-state index in [1.54, 1.807) is 6.07 Å². The normalized spacial score (nSPS) is 12.8. The van der Waals surface area contributed by atoms with Gasteiger partial charge in [-0.15, -0.1) is 11.6 Å². The summed E-state index contributed by atoms with van der Waals surface area (Å²) in [5.41, 5.74) is 2.26. The molecule has 2 aromatic carbocycles. The predicted octanol–water partition coefficient (Wildman–Crippen LogP) is 5.14. The SMILES string of the molecule is Fc1ccc(C(Cl)Cc2nc3ccccc3o2)cc1Cl. The Hall–Kier alpha value is -1.58. The molecule has 2 nitrogen and oxygen atoms in total. The van der Waals surface area contributed by atoms with Crippen molar-refractivity contribution in [3.05, 3.63) is 64.8 Å². The molecule has 5 heteroatoms. The van der Waals surface area contributed by atoms with Crippen LogP contribution >= 0.6 is 23.2 Å². The molecule has 0 saturated heterocycles. The smallest absolute Gasteiger partial charge is 0.197 e. The van der Waals surface area contributed by atoms with Gasteiger partial charge in [0, 0.05) is 6.42 Å². The molecule has 0 amide bonds. The highest BCUT2D eigenvalue weighted by atomic mass is 35.5. The number of hydrogen-bond donors (Lipinski definition) is 0. The second-order valence-electron chi connectivity index (χ2n) is 4.42. The minimum atomic E-state index is -0.457. The zero-order valence-corrected chi connectivity index (χ0v) is 11.8. The third-order valence-corrected chi connectivity index (χ3v) is 3.69. The van der Waals surface area contributed by atoms with Gasteiger partial charge in [-0.05, 0) is 29.8 Å². The molecule has 0 N–H and O–H groups in total. The number of para-hydroxylation sites is 2. The van der Waals surface area contributed by atoms with Crippen molar-refractivity contribution in [3.63, 3.8) is 0 Å². The van der Waals surface area contributed by atoms with E-state index in [2.05, 4.69) is 4.98 Å². The molecular weight excluding hydrogens is 300 g/mol. The Morgan fingerprint density at radius 3 is 2.75 bits per heavy atom. The number of benzene rings is 2. The van der Waals surface area contributed by atoms with Crippen molar-refractivity contribution < 1.29 is 8.81 Å². The first-order chi connectivity index (χ1) is 9.63. The van der Waals surface area contributed by atoms with Crippen molar-refractivity contribution in [2.24, 2.45) is 0 Å². The molecule has 1 aromatic heterocycles. The zero-order valence-electron chi connectivity index (χ0n) is 10.3. The monoisotopic (exact) mass is 309 g/mol. The largest absolute Gasteiger partial charge is 0.441 e. The lowest BCUT2D eigenvalue weighted by molar-refractivity contribution is 0.525. The molecular formula is C15H10Cl2FNO. The first-order valence-electron chi connectivity index (χ1n) is 6.07. The van der Waals surface area contributed by atoms with E-state index in [0.29, 0.717) is 12.3 Å². The van der Waals surface area contributed by atoms with Gasteiger partial charge in [0.05, 0.1) is 10.4 Å². The summed E-state index contributed by atoms with van der Waals surface area (Å²) in [5, 5.41) is -0.313. The van der Waals surface area contributed by atoms with E-state index in [4.69, 9.17) is 27.6 Å². The van der Waals surface area contributed by atoms with Crippen LogP contribution in [0.5, 0.6) is 0 Å². The average Bonchev–Trinajstić information content (AvgIpc) is 2.83. The van der Waals surface area contributed by atoms with Gasteiger partial charge in [0.15, 0.2) is 11.5 Å². The number of halogens is 3. The molecule has 0 bridgehead atoms. The van der Waals surface area contributed by atoms with Crippen LogP contribution in [-0.2, 0) is 6.42 Å². The van der Waals surface area contributed by atoms with Crippen molar-refractivity contribution in [1.82, 2.24) is 4.98 Å². The Kier molecular flexibility index (Phi) is 3.64. The van der Waals surface area contributed by atoms with Crippen LogP contribution in [0.2, 0.25) is 5.02 Å². The summed E-state index contributed by atoms with van der Waals surface area (Å²) in [6.45, 7) is 0. The first-order valence-corrected chi connectivity index (χ1v) is 6.88. The lowest BCUT2D eigenvalue weighted by atomic mass is 10.1. The quantitative estimate of drug-likeness (QED) is 0.626. The van der Waals surface area contributed by atoms with Crippen LogP contribution in [0.3, 0.4) is 0 Å². The molecule has 3 rings (SSSR count). The first kappa shape index (κ1) is 13.4. The van der Waals surface area contributed by atoms with Crippen LogP contribution in [0.15, 0.2) is 46.9 Å². The maximum Gasteiger partial charge on any atom is 0.197 e. The summed E-state index contributed by atoms with van der Waals surface area (Å²) in [6, 6.07) is 11.9. The van der Waals surface area contributed by atoms with E-state index < -0.39 is 5.82 Å². The number of nitrogens with zero attached hydrogens (tertiary/aromatic N) is 1. The summed E-state index contributed by atoms with van der Waals surface area (Å²) in [4.78, 5) is 4.36. The third-order valence-electron chi connectivity index (χ3n) is 3.00. The minimum absolute atomic E-state index is 0.0608. The highest BCUT2D eigenvalue weighted by Crippen LogP contribution is 2.29. The molecule has 0 radical (unpaired) electrons. The van der Waals surface area contributed by atoms with E-state index in [1.165, 1.54) is 12.1 Å². The number of rotatable bonds is 3. The van der Waals surface area contributed by atoms with Gasteiger partial charge >= 0.3 is 0 Å². The van der Waals surface area contributed by atoms with Crippen LogP contribution in [0.25, 0.3) is 11.1 Å². The van der Waals surface area contributed by atoms with Gasteiger partial charge in [0.1, 0.15) is 11.3 Å². The maximum absolute atomic E-state index is 13.1. The molecule has 0 aliphatic carbocycles. The second-order valence-corrected chi connectivity index (χ2v) is 5.35. The Bertz CT molecular complexity index is 723. The summed E-state index contributed by atoms with van der Waals surface area (Å²) >= 11 is 12.1. The molecule has 1 heterocycles. The molecule has 102 valence electrons. The number of aromatic nitrogens is 1. The van der Waals surface area contributed by atoms with E-state index in [-0.39, 0.29) is 10.4 Å². The van der Waals surface area contributed by atoms with Crippen LogP contribution in [0.1, 0.15) is 16.8 Å². The van der Waals surface area contributed by atoms with Gasteiger partial charge < -0.3 is 4.42 Å². The summed E-state index contributed by atoms with van der Waals surface area (Å²) in [7, 11) is 0. The molecule has 20 heavy (non-hydrogen) atoms. The summed E-state index contributed by atoms with van der Waals surface area (Å²) in [6.07, 6.45) is 0.415. The molecule has 3 aromatic rings. The number of oxazole rings is 1. The Balaban J connectivity index is 1.84. The fourth-order valence-electron chi connectivity index (χ4n) is 1.99. The lowest BCUT2D eigenvalue weighted by Crippen LogP contribution is -1.96.